The second kappa shape index (κ2) is 7.67. The van der Waals surface area contributed by atoms with Crippen LogP contribution in [0.1, 0.15) is 31.0 Å². The van der Waals surface area contributed by atoms with E-state index in [1.165, 1.54) is 6.92 Å². The van der Waals surface area contributed by atoms with E-state index in [1.54, 1.807) is 4.90 Å². The van der Waals surface area contributed by atoms with Gasteiger partial charge in [0.25, 0.3) is 0 Å². The van der Waals surface area contributed by atoms with E-state index in [2.05, 4.69) is 10.3 Å². The molecule has 1 spiro atoms. The van der Waals surface area contributed by atoms with Crippen LogP contribution in [0.15, 0.2) is 36.5 Å². The molecule has 0 bridgehead atoms. The number of likely N-dealkylation sites (tertiary alicyclic amines) is 1. The van der Waals surface area contributed by atoms with Crippen LogP contribution in [0, 0.1) is 0 Å². The molecule has 2 aliphatic rings. The Morgan fingerprint density at radius 3 is 2.68 bits per heavy atom. The van der Waals surface area contributed by atoms with Crippen LogP contribution < -0.4 is 5.32 Å². The molecular weight excluding hydrogens is 356 g/mol. The molecule has 1 saturated heterocycles. The Kier molecular flexibility index (Phi) is 5.09. The molecule has 0 radical (unpaired) electrons. The summed E-state index contributed by atoms with van der Waals surface area (Å²) in [5.74, 6) is 0.443. The molecule has 146 valence electrons. The fourth-order valence-electron chi connectivity index (χ4n) is 3.95. The van der Waals surface area contributed by atoms with Crippen molar-refractivity contribution in [3.63, 3.8) is 0 Å². The predicted molar refractivity (Wildman–Crippen MR) is 103 cm³/mol. The summed E-state index contributed by atoms with van der Waals surface area (Å²) in [4.78, 5) is 34.6. The SMILES string of the molecule is CC(=O)NCC(=O)N1CCC2(CC1)OCCc1cnc(-c3ccccc3)nc12. The molecule has 7 nitrogen and oxygen atoms in total. The number of nitrogens with one attached hydrogen (secondary N) is 1. The van der Waals surface area contributed by atoms with E-state index < -0.39 is 5.60 Å². The number of rotatable bonds is 3. The van der Waals surface area contributed by atoms with E-state index in [0.717, 1.165) is 23.2 Å². The number of aromatic nitrogens is 2. The summed E-state index contributed by atoms with van der Waals surface area (Å²) in [6.45, 7) is 3.27. The van der Waals surface area contributed by atoms with Crippen LogP contribution >= 0.6 is 0 Å². The molecule has 0 atom stereocenters. The van der Waals surface area contributed by atoms with Gasteiger partial charge < -0.3 is 15.0 Å². The van der Waals surface area contributed by atoms with Gasteiger partial charge in [-0.3, -0.25) is 9.59 Å². The first-order valence-electron chi connectivity index (χ1n) is 9.65. The molecule has 2 aliphatic heterocycles. The van der Waals surface area contributed by atoms with Gasteiger partial charge in [-0.15, -0.1) is 0 Å². The maximum atomic E-state index is 12.3. The molecule has 1 aromatic carbocycles. The molecule has 1 N–H and O–H groups in total. The first-order chi connectivity index (χ1) is 13.6. The minimum atomic E-state index is -0.467. The molecule has 1 fully saturated rings. The third-order valence-electron chi connectivity index (χ3n) is 5.49. The van der Waals surface area contributed by atoms with Crippen molar-refractivity contribution in [3.05, 3.63) is 47.8 Å². The van der Waals surface area contributed by atoms with Gasteiger partial charge in [-0.05, 0) is 24.8 Å². The van der Waals surface area contributed by atoms with Crippen LogP contribution in [0.3, 0.4) is 0 Å². The smallest absolute Gasteiger partial charge is 0.241 e. The first-order valence-corrected chi connectivity index (χ1v) is 9.65. The number of piperidine rings is 1. The number of carbonyl (C=O) groups excluding carboxylic acids is 2. The summed E-state index contributed by atoms with van der Waals surface area (Å²) in [6, 6.07) is 9.93. The van der Waals surface area contributed by atoms with Crippen molar-refractivity contribution >= 4 is 11.8 Å². The highest BCUT2D eigenvalue weighted by Crippen LogP contribution is 2.40. The summed E-state index contributed by atoms with van der Waals surface area (Å²) in [5, 5.41) is 2.57. The number of nitrogens with zero attached hydrogens (tertiary/aromatic N) is 3. The zero-order valence-electron chi connectivity index (χ0n) is 16.0. The monoisotopic (exact) mass is 380 g/mol. The normalized spacial score (nSPS) is 17.8. The molecule has 0 aliphatic carbocycles. The standard InChI is InChI=1S/C21H24N4O3/c1-15(26)22-14-18(27)25-10-8-21(9-11-25)19-17(7-12-28-21)13-23-20(24-19)16-5-3-2-4-6-16/h2-6,13H,7-12,14H2,1H3,(H,22,26). The Morgan fingerprint density at radius 2 is 1.96 bits per heavy atom. The quantitative estimate of drug-likeness (QED) is 0.876. The van der Waals surface area contributed by atoms with Gasteiger partial charge in [0.15, 0.2) is 5.82 Å². The van der Waals surface area contributed by atoms with Crippen molar-refractivity contribution in [1.29, 1.82) is 0 Å². The van der Waals surface area contributed by atoms with Crippen LogP contribution in [-0.4, -0.2) is 52.9 Å². The van der Waals surface area contributed by atoms with Crippen LogP contribution in [0.4, 0.5) is 0 Å². The van der Waals surface area contributed by atoms with Crippen LogP contribution in [0.5, 0.6) is 0 Å². The van der Waals surface area contributed by atoms with Crippen LogP contribution in [0.2, 0.25) is 0 Å². The summed E-state index contributed by atoms with van der Waals surface area (Å²) >= 11 is 0. The lowest BCUT2D eigenvalue weighted by molar-refractivity contribution is -0.141. The largest absolute Gasteiger partial charge is 0.368 e. The zero-order valence-corrected chi connectivity index (χ0v) is 16.0. The second-order valence-corrected chi connectivity index (χ2v) is 7.32. The van der Waals surface area contributed by atoms with Crippen molar-refractivity contribution < 1.29 is 14.3 Å². The number of benzene rings is 1. The van der Waals surface area contributed by atoms with Crippen molar-refractivity contribution in [1.82, 2.24) is 20.2 Å². The summed E-state index contributed by atoms with van der Waals surface area (Å²) in [6.07, 6.45) is 4.11. The molecule has 1 aromatic heterocycles. The molecule has 2 amide bonds. The number of fused-ring (bicyclic) bond motifs is 2. The van der Waals surface area contributed by atoms with Gasteiger partial charge >= 0.3 is 0 Å². The Balaban J connectivity index is 1.54. The van der Waals surface area contributed by atoms with Crippen molar-refractivity contribution in [2.75, 3.05) is 26.2 Å². The zero-order chi connectivity index (χ0) is 19.6. The first kappa shape index (κ1) is 18.6. The van der Waals surface area contributed by atoms with Crippen molar-refractivity contribution in [2.45, 2.75) is 31.8 Å². The topological polar surface area (TPSA) is 84.4 Å². The number of amides is 2. The van der Waals surface area contributed by atoms with E-state index in [9.17, 15) is 9.59 Å². The lowest BCUT2D eigenvalue weighted by Gasteiger charge is -2.44. The lowest BCUT2D eigenvalue weighted by Crippen LogP contribution is -2.50. The average molecular weight is 380 g/mol. The third-order valence-corrected chi connectivity index (χ3v) is 5.49. The van der Waals surface area contributed by atoms with Gasteiger partial charge in [0.05, 0.1) is 18.8 Å². The fourth-order valence-corrected chi connectivity index (χ4v) is 3.95. The predicted octanol–water partition coefficient (Wildman–Crippen LogP) is 1.67. The maximum absolute atomic E-state index is 12.3. The van der Waals surface area contributed by atoms with Gasteiger partial charge in [-0.2, -0.15) is 0 Å². The second-order valence-electron chi connectivity index (χ2n) is 7.32. The lowest BCUT2D eigenvalue weighted by atomic mass is 9.83. The Bertz CT molecular complexity index is 876. The maximum Gasteiger partial charge on any atom is 0.241 e. The Labute approximate surface area is 164 Å². The van der Waals surface area contributed by atoms with Gasteiger partial charge in [-0.1, -0.05) is 30.3 Å². The number of ether oxygens (including phenoxy) is 1. The van der Waals surface area contributed by atoms with Gasteiger partial charge in [-0.25, -0.2) is 9.97 Å². The molecule has 0 unspecified atom stereocenters. The van der Waals surface area contributed by atoms with Gasteiger partial charge in [0, 0.05) is 31.8 Å². The summed E-state index contributed by atoms with van der Waals surface area (Å²) < 4.78 is 6.25. The van der Waals surface area contributed by atoms with E-state index in [4.69, 9.17) is 9.72 Å². The highest BCUT2D eigenvalue weighted by atomic mass is 16.5. The number of carbonyl (C=O) groups is 2. The number of hydrogen-bond acceptors (Lipinski definition) is 5. The Morgan fingerprint density at radius 1 is 1.21 bits per heavy atom. The average Bonchev–Trinajstić information content (AvgIpc) is 2.73. The minimum absolute atomic E-state index is 0.0418. The molecule has 3 heterocycles. The molecule has 7 heteroatoms. The minimum Gasteiger partial charge on any atom is -0.368 e. The molecule has 2 aromatic rings. The number of hydrogen-bond donors (Lipinski definition) is 1. The van der Waals surface area contributed by atoms with E-state index in [-0.39, 0.29) is 18.4 Å². The van der Waals surface area contributed by atoms with Crippen LogP contribution in [0.25, 0.3) is 11.4 Å². The molecular formula is C21H24N4O3. The van der Waals surface area contributed by atoms with Crippen molar-refractivity contribution in [3.8, 4) is 11.4 Å². The Hall–Kier alpha value is -2.80. The summed E-state index contributed by atoms with van der Waals surface area (Å²) in [7, 11) is 0. The molecule has 4 rings (SSSR count). The summed E-state index contributed by atoms with van der Waals surface area (Å²) in [5.41, 5.74) is 2.60. The highest BCUT2D eigenvalue weighted by Gasteiger charge is 2.43. The molecule has 0 saturated carbocycles. The van der Waals surface area contributed by atoms with Gasteiger partial charge in [0.1, 0.15) is 5.60 Å². The van der Waals surface area contributed by atoms with Gasteiger partial charge in [0.2, 0.25) is 11.8 Å². The van der Waals surface area contributed by atoms with E-state index in [1.807, 2.05) is 36.5 Å². The van der Waals surface area contributed by atoms with E-state index in [0.29, 0.717) is 38.4 Å². The van der Waals surface area contributed by atoms with Crippen LogP contribution in [-0.2, 0) is 26.3 Å². The fraction of sp³-hybridized carbons (Fsp3) is 0.429. The molecule has 28 heavy (non-hydrogen) atoms. The highest BCUT2D eigenvalue weighted by molar-refractivity contribution is 5.83. The third kappa shape index (κ3) is 3.62. The van der Waals surface area contributed by atoms with E-state index >= 15 is 0 Å². The van der Waals surface area contributed by atoms with Crippen molar-refractivity contribution in [2.24, 2.45) is 0 Å².